The third-order valence-corrected chi connectivity index (χ3v) is 5.05. The highest BCUT2D eigenvalue weighted by Gasteiger charge is 2.28. The molecule has 0 spiro atoms. The first kappa shape index (κ1) is 14.1. The van der Waals surface area contributed by atoms with Crippen LogP contribution in [0.25, 0.3) is 10.8 Å². The predicted molar refractivity (Wildman–Crippen MR) is 82.0 cm³/mol. The number of furan rings is 1. The van der Waals surface area contributed by atoms with Gasteiger partial charge in [0.1, 0.15) is 5.01 Å². The van der Waals surface area contributed by atoms with Crippen LogP contribution in [-0.2, 0) is 0 Å². The first-order chi connectivity index (χ1) is 11.3. The van der Waals surface area contributed by atoms with E-state index in [2.05, 4.69) is 15.4 Å². The molecule has 118 valence electrons. The maximum atomic E-state index is 12.2. The predicted octanol–water partition coefficient (Wildman–Crippen LogP) is 2.81. The average molecular weight is 330 g/mol. The molecule has 4 rings (SSSR count). The van der Waals surface area contributed by atoms with Crippen LogP contribution in [0.5, 0.6) is 0 Å². The molecule has 1 aliphatic heterocycles. The Morgan fingerprint density at radius 3 is 2.83 bits per heavy atom. The highest BCUT2D eigenvalue weighted by Crippen LogP contribution is 2.33. The molecule has 0 saturated carbocycles. The Morgan fingerprint density at radius 2 is 2.13 bits per heavy atom. The minimum atomic E-state index is -0.102. The van der Waals surface area contributed by atoms with Crippen molar-refractivity contribution in [1.82, 2.24) is 20.3 Å². The highest BCUT2D eigenvalue weighted by atomic mass is 32.1. The first-order valence-electron chi connectivity index (χ1n) is 7.38. The zero-order valence-corrected chi connectivity index (χ0v) is 13.0. The normalized spacial score (nSPS) is 15.9. The molecule has 1 fully saturated rings. The fourth-order valence-corrected chi connectivity index (χ4v) is 3.69. The summed E-state index contributed by atoms with van der Waals surface area (Å²) in [7, 11) is 0. The van der Waals surface area contributed by atoms with Crippen molar-refractivity contribution in [2.75, 3.05) is 13.1 Å². The number of piperidine rings is 1. The van der Waals surface area contributed by atoms with Crippen molar-refractivity contribution >= 4 is 17.2 Å². The van der Waals surface area contributed by atoms with Gasteiger partial charge in [-0.3, -0.25) is 4.79 Å². The molecule has 0 N–H and O–H groups in total. The van der Waals surface area contributed by atoms with Crippen molar-refractivity contribution < 1.29 is 13.7 Å². The Balaban J connectivity index is 1.41. The smallest absolute Gasteiger partial charge is 0.292 e. The van der Waals surface area contributed by atoms with Crippen LogP contribution < -0.4 is 0 Å². The Labute approximate surface area is 135 Å². The third-order valence-electron chi connectivity index (χ3n) is 3.95. The van der Waals surface area contributed by atoms with E-state index in [-0.39, 0.29) is 5.91 Å². The Bertz CT molecular complexity index is 774. The van der Waals surface area contributed by atoms with Gasteiger partial charge in [0.2, 0.25) is 5.76 Å². The SMILES string of the molecule is O=C(c1ccno1)N1CCC(c2nnc(-c3ccco3)s2)CC1. The van der Waals surface area contributed by atoms with E-state index < -0.39 is 0 Å². The van der Waals surface area contributed by atoms with E-state index in [4.69, 9.17) is 8.94 Å². The summed E-state index contributed by atoms with van der Waals surface area (Å²) in [6, 6.07) is 5.31. The highest BCUT2D eigenvalue weighted by molar-refractivity contribution is 7.14. The fraction of sp³-hybridized carbons (Fsp3) is 0.333. The molecule has 0 unspecified atom stereocenters. The monoisotopic (exact) mass is 330 g/mol. The van der Waals surface area contributed by atoms with E-state index >= 15 is 0 Å². The van der Waals surface area contributed by atoms with Crippen LogP contribution in [0.4, 0.5) is 0 Å². The summed E-state index contributed by atoms with van der Waals surface area (Å²) in [5, 5.41) is 13.9. The van der Waals surface area contributed by atoms with E-state index in [1.807, 2.05) is 12.1 Å². The van der Waals surface area contributed by atoms with Gasteiger partial charge in [-0.15, -0.1) is 10.2 Å². The molecule has 1 amide bonds. The molecule has 0 radical (unpaired) electrons. The van der Waals surface area contributed by atoms with Gasteiger partial charge in [-0.1, -0.05) is 16.5 Å². The van der Waals surface area contributed by atoms with E-state index in [0.29, 0.717) is 24.8 Å². The summed E-state index contributed by atoms with van der Waals surface area (Å²) >= 11 is 1.56. The summed E-state index contributed by atoms with van der Waals surface area (Å²) in [4.78, 5) is 14.0. The second-order valence-electron chi connectivity index (χ2n) is 5.37. The van der Waals surface area contributed by atoms with Gasteiger partial charge < -0.3 is 13.8 Å². The molecule has 3 aromatic rings. The molecule has 0 bridgehead atoms. The van der Waals surface area contributed by atoms with Crippen LogP contribution in [0.3, 0.4) is 0 Å². The molecule has 0 atom stereocenters. The lowest BCUT2D eigenvalue weighted by Gasteiger charge is -2.30. The van der Waals surface area contributed by atoms with Gasteiger partial charge in [0.25, 0.3) is 5.91 Å². The Kier molecular flexibility index (Phi) is 3.66. The van der Waals surface area contributed by atoms with E-state index in [9.17, 15) is 4.79 Å². The van der Waals surface area contributed by atoms with Gasteiger partial charge in [0, 0.05) is 25.1 Å². The number of carbonyl (C=O) groups excluding carboxylic acids is 1. The lowest BCUT2D eigenvalue weighted by Crippen LogP contribution is -2.37. The van der Waals surface area contributed by atoms with Crippen molar-refractivity contribution in [2.24, 2.45) is 0 Å². The lowest BCUT2D eigenvalue weighted by atomic mass is 9.97. The molecule has 1 aliphatic rings. The summed E-state index contributed by atoms with van der Waals surface area (Å²) in [6.07, 6.45) is 4.85. The molecule has 3 aromatic heterocycles. The van der Waals surface area contributed by atoms with Crippen molar-refractivity contribution in [3.63, 3.8) is 0 Å². The summed E-state index contributed by atoms with van der Waals surface area (Å²) in [5.74, 6) is 1.26. The van der Waals surface area contributed by atoms with Crippen molar-refractivity contribution in [2.45, 2.75) is 18.8 Å². The Hall–Kier alpha value is -2.48. The van der Waals surface area contributed by atoms with Crippen molar-refractivity contribution in [1.29, 1.82) is 0 Å². The van der Waals surface area contributed by atoms with Crippen LogP contribution in [0.2, 0.25) is 0 Å². The number of rotatable bonds is 3. The molecule has 1 saturated heterocycles. The van der Waals surface area contributed by atoms with Crippen LogP contribution >= 0.6 is 11.3 Å². The minimum Gasteiger partial charge on any atom is -0.462 e. The second kappa shape index (κ2) is 5.96. The number of amides is 1. The molecule has 0 aromatic carbocycles. The molecule has 0 aliphatic carbocycles. The molecule has 7 nitrogen and oxygen atoms in total. The van der Waals surface area contributed by atoms with Gasteiger partial charge in [-0.2, -0.15) is 0 Å². The number of carbonyl (C=O) groups is 1. The molecule has 8 heteroatoms. The number of aromatic nitrogens is 3. The molecule has 23 heavy (non-hydrogen) atoms. The van der Waals surface area contributed by atoms with Crippen LogP contribution in [0, 0.1) is 0 Å². The maximum absolute atomic E-state index is 12.2. The fourth-order valence-electron chi connectivity index (χ4n) is 2.71. The topological polar surface area (TPSA) is 85.3 Å². The lowest BCUT2D eigenvalue weighted by molar-refractivity contribution is 0.0671. The number of likely N-dealkylation sites (tertiary alicyclic amines) is 1. The Morgan fingerprint density at radius 1 is 1.26 bits per heavy atom. The number of hydrogen-bond acceptors (Lipinski definition) is 7. The largest absolute Gasteiger partial charge is 0.462 e. The molecular weight excluding hydrogens is 316 g/mol. The standard InChI is InChI=1S/C15H14N4O3S/c20-15(12-3-6-16-22-12)19-7-4-10(5-8-19)13-17-18-14(23-13)11-2-1-9-21-11/h1-3,6,9-10H,4-5,7-8H2. The van der Waals surface area contributed by atoms with Crippen molar-refractivity contribution in [3.8, 4) is 10.8 Å². The average Bonchev–Trinajstić information content (AvgIpc) is 3.36. The van der Waals surface area contributed by atoms with E-state index in [0.717, 1.165) is 28.6 Å². The summed E-state index contributed by atoms with van der Waals surface area (Å²) < 4.78 is 10.3. The van der Waals surface area contributed by atoms with E-state index in [1.54, 1.807) is 28.6 Å². The van der Waals surface area contributed by atoms with E-state index in [1.165, 1.54) is 6.20 Å². The van der Waals surface area contributed by atoms with Gasteiger partial charge in [0.15, 0.2) is 10.8 Å². The molecular formula is C15H14N4O3S. The van der Waals surface area contributed by atoms with Gasteiger partial charge in [-0.25, -0.2) is 0 Å². The third kappa shape index (κ3) is 2.77. The van der Waals surface area contributed by atoms with Gasteiger partial charge in [0.05, 0.1) is 12.5 Å². The number of nitrogens with zero attached hydrogens (tertiary/aromatic N) is 4. The first-order valence-corrected chi connectivity index (χ1v) is 8.20. The number of hydrogen-bond donors (Lipinski definition) is 0. The maximum Gasteiger partial charge on any atom is 0.292 e. The zero-order valence-electron chi connectivity index (χ0n) is 12.2. The summed E-state index contributed by atoms with van der Waals surface area (Å²) in [5.41, 5.74) is 0. The van der Waals surface area contributed by atoms with Crippen LogP contribution in [0.15, 0.2) is 39.6 Å². The zero-order chi connectivity index (χ0) is 15.6. The van der Waals surface area contributed by atoms with Crippen LogP contribution in [-0.4, -0.2) is 39.3 Å². The summed E-state index contributed by atoms with van der Waals surface area (Å²) in [6.45, 7) is 1.36. The van der Waals surface area contributed by atoms with Gasteiger partial charge >= 0.3 is 0 Å². The quantitative estimate of drug-likeness (QED) is 0.734. The second-order valence-corrected chi connectivity index (χ2v) is 6.38. The minimum absolute atomic E-state index is 0.102. The van der Waals surface area contributed by atoms with Gasteiger partial charge in [-0.05, 0) is 25.0 Å². The van der Waals surface area contributed by atoms with Crippen molar-refractivity contribution in [3.05, 3.63) is 41.4 Å². The molecule has 4 heterocycles. The van der Waals surface area contributed by atoms with Crippen LogP contribution in [0.1, 0.15) is 34.3 Å².